The second-order valence-electron chi connectivity index (χ2n) is 11.7. The normalized spacial score (nSPS) is 13.1. The molecule has 1 N–H and O–H groups in total. The van der Waals surface area contributed by atoms with E-state index in [0.717, 1.165) is 89.9 Å². The first-order valence-corrected chi connectivity index (χ1v) is 17.9. The van der Waals surface area contributed by atoms with Crippen molar-refractivity contribution in [3.63, 3.8) is 0 Å². The molecule has 1 unspecified atom stereocenters. The van der Waals surface area contributed by atoms with Gasteiger partial charge in [-0.1, -0.05) is 145 Å². The van der Waals surface area contributed by atoms with E-state index < -0.39 is 5.97 Å². The third-order valence-corrected chi connectivity index (χ3v) is 7.46. The zero-order valence-corrected chi connectivity index (χ0v) is 28.4. The van der Waals surface area contributed by atoms with Crippen LogP contribution in [-0.4, -0.2) is 23.1 Å². The molecule has 0 fully saturated rings. The van der Waals surface area contributed by atoms with Gasteiger partial charge >= 0.3 is 11.9 Å². The molecule has 0 radical (unpaired) electrons. The van der Waals surface area contributed by atoms with Crippen molar-refractivity contribution in [2.45, 2.75) is 168 Å². The van der Waals surface area contributed by atoms with Gasteiger partial charge < -0.3 is 9.84 Å². The molecule has 4 heteroatoms. The largest absolute Gasteiger partial charge is 0.481 e. The zero-order valence-electron chi connectivity index (χ0n) is 28.4. The van der Waals surface area contributed by atoms with Crippen LogP contribution in [0, 0.1) is 0 Å². The summed E-state index contributed by atoms with van der Waals surface area (Å²) < 4.78 is 5.91. The number of esters is 1. The SMILES string of the molecule is CC/C=C\C/C=C\C/C=C\C/C=C\C/C=C\C/C=C\CCC(=O)OC(CCCCCC)CCCCCCCCCCC(=O)O. The Labute approximate surface area is 271 Å². The van der Waals surface area contributed by atoms with Crippen LogP contribution in [0.25, 0.3) is 0 Å². The van der Waals surface area contributed by atoms with Gasteiger partial charge in [-0.2, -0.15) is 0 Å². The maximum absolute atomic E-state index is 12.5. The lowest BCUT2D eigenvalue weighted by Crippen LogP contribution is -2.18. The third-order valence-electron chi connectivity index (χ3n) is 7.46. The molecule has 0 aromatic rings. The number of hydrogen-bond acceptors (Lipinski definition) is 3. The molecule has 44 heavy (non-hydrogen) atoms. The predicted molar refractivity (Wildman–Crippen MR) is 190 cm³/mol. The minimum absolute atomic E-state index is 0.0562. The topological polar surface area (TPSA) is 63.6 Å². The lowest BCUT2D eigenvalue weighted by Gasteiger charge is -2.18. The lowest BCUT2D eigenvalue weighted by atomic mass is 10.0. The van der Waals surface area contributed by atoms with Gasteiger partial charge in [-0.3, -0.25) is 9.59 Å². The molecule has 0 spiro atoms. The van der Waals surface area contributed by atoms with Crippen LogP contribution >= 0.6 is 0 Å². The molecule has 0 amide bonds. The minimum Gasteiger partial charge on any atom is -0.481 e. The summed E-state index contributed by atoms with van der Waals surface area (Å²) in [5.74, 6) is -0.755. The molecular weight excluding hydrogens is 544 g/mol. The van der Waals surface area contributed by atoms with Crippen molar-refractivity contribution in [2.24, 2.45) is 0 Å². The van der Waals surface area contributed by atoms with Crippen molar-refractivity contribution in [3.8, 4) is 0 Å². The molecule has 0 aliphatic rings. The predicted octanol–water partition coefficient (Wildman–Crippen LogP) is 12.3. The number of hydrogen-bond donors (Lipinski definition) is 1. The van der Waals surface area contributed by atoms with Crippen molar-refractivity contribution in [1.29, 1.82) is 0 Å². The Hall–Kier alpha value is -2.62. The smallest absolute Gasteiger partial charge is 0.306 e. The average Bonchev–Trinajstić information content (AvgIpc) is 3.01. The van der Waals surface area contributed by atoms with Gasteiger partial charge in [0.15, 0.2) is 0 Å². The van der Waals surface area contributed by atoms with Gasteiger partial charge in [-0.15, -0.1) is 0 Å². The Morgan fingerprint density at radius 2 is 0.932 bits per heavy atom. The summed E-state index contributed by atoms with van der Waals surface area (Å²) in [5, 5.41) is 8.70. The maximum atomic E-state index is 12.5. The highest BCUT2D eigenvalue weighted by molar-refractivity contribution is 5.69. The van der Waals surface area contributed by atoms with E-state index in [2.05, 4.69) is 86.8 Å². The Morgan fingerprint density at radius 1 is 0.523 bits per heavy atom. The molecule has 250 valence electrons. The van der Waals surface area contributed by atoms with E-state index in [1.54, 1.807) is 0 Å². The molecule has 0 aromatic heterocycles. The standard InChI is InChI=1S/C40H66O4/c1-3-5-7-9-10-11-12-13-14-15-16-17-18-19-20-21-26-29-33-37-40(43)44-38(34-30-8-6-4-2)35-31-27-24-22-23-25-28-32-36-39(41)42/h5,7,10-11,13-14,16-17,19-20,26,29,38H,3-4,6,8-9,12,15,18,21-25,27-28,30-37H2,1-2H3,(H,41,42)/b7-5-,11-10-,14-13-,17-16-,20-19-,29-26-. The Balaban J connectivity index is 4.02. The lowest BCUT2D eigenvalue weighted by molar-refractivity contribution is -0.149. The molecule has 0 rings (SSSR count). The molecular formula is C40H66O4. The number of allylic oxidation sites excluding steroid dienone is 12. The second-order valence-corrected chi connectivity index (χ2v) is 11.7. The van der Waals surface area contributed by atoms with E-state index in [4.69, 9.17) is 9.84 Å². The van der Waals surface area contributed by atoms with Gasteiger partial charge in [0.25, 0.3) is 0 Å². The van der Waals surface area contributed by atoms with Crippen LogP contribution in [-0.2, 0) is 14.3 Å². The van der Waals surface area contributed by atoms with Crippen molar-refractivity contribution < 1.29 is 19.4 Å². The number of carbonyl (C=O) groups is 2. The van der Waals surface area contributed by atoms with E-state index in [0.29, 0.717) is 12.8 Å². The number of carboxylic acid groups (broad SMARTS) is 1. The summed E-state index contributed by atoms with van der Waals surface area (Å²) in [4.78, 5) is 23.1. The molecule has 0 saturated heterocycles. The molecule has 0 aromatic carbocycles. The van der Waals surface area contributed by atoms with E-state index >= 15 is 0 Å². The Kier molecular flexibility index (Phi) is 32.8. The van der Waals surface area contributed by atoms with Crippen molar-refractivity contribution in [3.05, 3.63) is 72.9 Å². The Morgan fingerprint density at radius 3 is 1.39 bits per heavy atom. The van der Waals surface area contributed by atoms with Crippen molar-refractivity contribution in [1.82, 2.24) is 0 Å². The first kappa shape index (κ1) is 41.4. The van der Waals surface area contributed by atoms with Gasteiger partial charge in [0.05, 0.1) is 0 Å². The summed E-state index contributed by atoms with van der Waals surface area (Å²) >= 11 is 0. The number of aliphatic carboxylic acids is 1. The van der Waals surface area contributed by atoms with Crippen LogP contribution in [0.2, 0.25) is 0 Å². The summed E-state index contributed by atoms with van der Waals surface area (Å²) in [6.07, 6.45) is 49.4. The first-order chi connectivity index (χ1) is 21.6. The van der Waals surface area contributed by atoms with Gasteiger partial charge in [-0.25, -0.2) is 0 Å². The van der Waals surface area contributed by atoms with E-state index in [1.165, 1.54) is 44.9 Å². The summed E-state index contributed by atoms with van der Waals surface area (Å²) in [5.41, 5.74) is 0. The highest BCUT2D eigenvalue weighted by Crippen LogP contribution is 2.18. The molecule has 1 atom stereocenters. The van der Waals surface area contributed by atoms with E-state index in [-0.39, 0.29) is 12.1 Å². The van der Waals surface area contributed by atoms with Crippen LogP contribution in [0.4, 0.5) is 0 Å². The van der Waals surface area contributed by atoms with Crippen LogP contribution in [0.5, 0.6) is 0 Å². The van der Waals surface area contributed by atoms with Gasteiger partial charge in [-0.05, 0) is 77.0 Å². The third kappa shape index (κ3) is 33.9. The number of rotatable bonds is 31. The monoisotopic (exact) mass is 610 g/mol. The molecule has 0 saturated carbocycles. The molecule has 0 aliphatic heterocycles. The maximum Gasteiger partial charge on any atom is 0.306 e. The number of unbranched alkanes of at least 4 members (excludes halogenated alkanes) is 10. The fourth-order valence-corrected chi connectivity index (χ4v) is 4.86. The minimum atomic E-state index is -0.691. The van der Waals surface area contributed by atoms with Gasteiger partial charge in [0, 0.05) is 12.8 Å². The summed E-state index contributed by atoms with van der Waals surface area (Å²) in [6.45, 7) is 4.38. The highest BCUT2D eigenvalue weighted by atomic mass is 16.5. The van der Waals surface area contributed by atoms with Crippen LogP contribution < -0.4 is 0 Å². The summed E-state index contributed by atoms with van der Waals surface area (Å²) in [7, 11) is 0. The van der Waals surface area contributed by atoms with Crippen molar-refractivity contribution in [2.75, 3.05) is 0 Å². The first-order valence-electron chi connectivity index (χ1n) is 17.9. The number of carboxylic acids is 1. The average molecular weight is 611 g/mol. The zero-order chi connectivity index (χ0) is 32.2. The van der Waals surface area contributed by atoms with E-state index in [9.17, 15) is 9.59 Å². The van der Waals surface area contributed by atoms with Gasteiger partial charge in [0.2, 0.25) is 0 Å². The molecule has 0 aliphatic carbocycles. The number of carbonyl (C=O) groups excluding carboxylic acids is 1. The Bertz CT molecular complexity index is 830. The summed E-state index contributed by atoms with van der Waals surface area (Å²) in [6, 6.07) is 0. The molecule has 4 nitrogen and oxygen atoms in total. The quantitative estimate of drug-likeness (QED) is 0.0482. The van der Waals surface area contributed by atoms with Crippen LogP contribution in [0.1, 0.15) is 162 Å². The fraction of sp³-hybridized carbons (Fsp3) is 0.650. The van der Waals surface area contributed by atoms with Crippen LogP contribution in [0.3, 0.4) is 0 Å². The van der Waals surface area contributed by atoms with Crippen LogP contribution in [0.15, 0.2) is 72.9 Å². The van der Waals surface area contributed by atoms with Crippen molar-refractivity contribution >= 4 is 11.9 Å². The fourth-order valence-electron chi connectivity index (χ4n) is 4.86. The second kappa shape index (κ2) is 34.9. The molecule has 0 heterocycles. The highest BCUT2D eigenvalue weighted by Gasteiger charge is 2.13. The van der Waals surface area contributed by atoms with E-state index in [1.807, 2.05) is 0 Å². The number of ether oxygens (including phenoxy) is 1. The van der Waals surface area contributed by atoms with Gasteiger partial charge in [0.1, 0.15) is 6.10 Å². The molecule has 0 bridgehead atoms.